The number of carbonyl (C=O) groups is 3. The second kappa shape index (κ2) is 15.7. The molecule has 278 valence electrons. The van der Waals surface area contributed by atoms with Crippen molar-refractivity contribution in [1.82, 2.24) is 33.4 Å². The fourth-order valence-electron chi connectivity index (χ4n) is 4.77. The molecule has 1 aliphatic carbocycles. The molecule has 2 aliphatic heterocycles. The van der Waals surface area contributed by atoms with Crippen molar-refractivity contribution < 1.29 is 54.4 Å². The quantitative estimate of drug-likeness (QED) is 0.244. The SMILES string of the molecule is CN1C(=O)C2=C(CCCC2)C1=O.CN1C(=O)CC(C(F)(F)F)C[N+]1=O.Cc1nn(C)c(=O)n1C(F)F.Cn1c(C(F)(F)F)cc(=O)n(C)c1=O. The van der Waals surface area contributed by atoms with Gasteiger partial charge in [0.05, 0.1) is 18.4 Å². The Kier molecular flexibility index (Phi) is 12.9. The van der Waals surface area contributed by atoms with Crippen LogP contribution in [-0.4, -0.2) is 82.8 Å². The monoisotopic (exact) mass is 733 g/mol. The van der Waals surface area contributed by atoms with Crippen LogP contribution in [0.25, 0.3) is 0 Å². The van der Waals surface area contributed by atoms with Crippen LogP contribution in [0.4, 0.5) is 35.1 Å². The Balaban J connectivity index is 0.000000232. The maximum absolute atomic E-state index is 12.2. The first kappa shape index (κ1) is 41.2. The Morgan fingerprint density at radius 3 is 1.68 bits per heavy atom. The normalized spacial score (nSPS) is 17.9. The van der Waals surface area contributed by atoms with Gasteiger partial charge in [-0.05, 0) is 32.6 Å². The molecule has 0 bridgehead atoms. The highest BCUT2D eigenvalue weighted by Crippen LogP contribution is 2.32. The lowest BCUT2D eigenvalue weighted by molar-refractivity contribution is -0.697. The number of rotatable bonds is 1. The van der Waals surface area contributed by atoms with E-state index in [-0.39, 0.29) is 22.5 Å². The summed E-state index contributed by atoms with van der Waals surface area (Å²) in [5, 5.41) is 4.17. The number of imide groups is 1. The largest absolute Gasteiger partial charge is 0.431 e. The molecule has 0 N–H and O–H groups in total. The van der Waals surface area contributed by atoms with E-state index in [2.05, 4.69) is 5.10 Å². The Morgan fingerprint density at radius 2 is 1.32 bits per heavy atom. The number of carbonyl (C=O) groups excluding carboxylic acids is 3. The molecular formula is C27H33F8N8O7+. The average molecular weight is 734 g/mol. The number of halogens is 8. The molecule has 3 amide bonds. The third-order valence-corrected chi connectivity index (χ3v) is 7.69. The predicted molar refractivity (Wildman–Crippen MR) is 154 cm³/mol. The highest BCUT2D eigenvalue weighted by molar-refractivity contribution is 6.19. The van der Waals surface area contributed by atoms with Crippen molar-refractivity contribution in [2.75, 3.05) is 20.6 Å². The van der Waals surface area contributed by atoms with E-state index >= 15 is 0 Å². The van der Waals surface area contributed by atoms with Gasteiger partial charge >= 0.3 is 30.3 Å². The predicted octanol–water partition coefficient (Wildman–Crippen LogP) is 1.96. The van der Waals surface area contributed by atoms with Gasteiger partial charge in [-0.25, -0.2) is 18.8 Å². The van der Waals surface area contributed by atoms with Crippen molar-refractivity contribution in [3.8, 4) is 0 Å². The molecule has 5 rings (SSSR count). The summed E-state index contributed by atoms with van der Waals surface area (Å²) < 4.78 is 99.2. The molecule has 3 aliphatic rings. The van der Waals surface area contributed by atoms with Gasteiger partial charge in [0.2, 0.25) is 6.54 Å². The summed E-state index contributed by atoms with van der Waals surface area (Å²) in [5.74, 6) is -2.77. The highest BCUT2D eigenvalue weighted by atomic mass is 19.4. The molecule has 0 saturated carbocycles. The van der Waals surface area contributed by atoms with E-state index in [4.69, 9.17) is 0 Å². The zero-order valence-electron chi connectivity index (χ0n) is 27.4. The minimum Gasteiger partial charge on any atom is -0.292 e. The second-order valence-electron chi connectivity index (χ2n) is 11.1. The summed E-state index contributed by atoms with van der Waals surface area (Å²) in [4.78, 5) is 78.5. The van der Waals surface area contributed by atoms with Crippen LogP contribution < -0.4 is 16.9 Å². The highest BCUT2D eigenvalue weighted by Gasteiger charge is 2.50. The number of alkyl halides is 8. The van der Waals surface area contributed by atoms with Gasteiger partial charge in [0.1, 0.15) is 22.3 Å². The molecule has 2 aromatic heterocycles. The van der Waals surface area contributed by atoms with E-state index in [1.807, 2.05) is 0 Å². The number of aryl methyl sites for hydroxylation is 2. The van der Waals surface area contributed by atoms with Crippen molar-refractivity contribution in [3.05, 3.63) is 65.0 Å². The Labute approximate surface area is 276 Å². The van der Waals surface area contributed by atoms with Gasteiger partial charge in [0, 0.05) is 45.4 Å². The van der Waals surface area contributed by atoms with Crippen molar-refractivity contribution in [1.29, 1.82) is 0 Å². The van der Waals surface area contributed by atoms with Crippen molar-refractivity contribution in [3.63, 3.8) is 0 Å². The molecule has 0 spiro atoms. The zero-order valence-corrected chi connectivity index (χ0v) is 27.4. The summed E-state index contributed by atoms with van der Waals surface area (Å²) in [7, 11) is 6.12. The lowest BCUT2D eigenvalue weighted by atomic mass is 9.93. The van der Waals surface area contributed by atoms with Gasteiger partial charge in [-0.1, -0.05) is 5.01 Å². The molecule has 1 saturated heterocycles. The van der Waals surface area contributed by atoms with Gasteiger partial charge in [-0.2, -0.15) is 40.2 Å². The number of hydrogen-bond acceptors (Lipinski definition) is 8. The molecule has 1 unspecified atom stereocenters. The van der Waals surface area contributed by atoms with Crippen LogP contribution in [0.15, 0.2) is 31.6 Å². The molecule has 50 heavy (non-hydrogen) atoms. The molecule has 1 fully saturated rings. The molecule has 0 radical (unpaired) electrons. The first-order chi connectivity index (χ1) is 22.8. The lowest BCUT2D eigenvalue weighted by Crippen LogP contribution is -2.48. The van der Waals surface area contributed by atoms with Crippen LogP contribution in [0.1, 0.15) is 50.2 Å². The number of nitroso groups, excluding NO2 is 1. The molecule has 23 heteroatoms. The summed E-state index contributed by atoms with van der Waals surface area (Å²) in [6, 6.07) is 0.390. The Bertz CT molecular complexity index is 1810. The molecule has 15 nitrogen and oxygen atoms in total. The van der Waals surface area contributed by atoms with E-state index < -0.39 is 66.3 Å². The number of amides is 3. The van der Waals surface area contributed by atoms with Crippen LogP contribution in [0.3, 0.4) is 0 Å². The van der Waals surface area contributed by atoms with Gasteiger partial charge in [0.15, 0.2) is 0 Å². The second-order valence-corrected chi connectivity index (χ2v) is 11.1. The van der Waals surface area contributed by atoms with E-state index in [9.17, 15) is 68.8 Å². The van der Waals surface area contributed by atoms with Crippen molar-refractivity contribution in [2.45, 2.75) is 57.9 Å². The van der Waals surface area contributed by atoms with Gasteiger partial charge in [0.25, 0.3) is 23.3 Å². The number of aromatic nitrogens is 5. The number of nitrogens with zero attached hydrogens (tertiary/aromatic N) is 8. The number of likely N-dealkylation sites (N-methyl/N-ethyl adjacent to an activating group) is 1. The lowest BCUT2D eigenvalue weighted by Gasteiger charge is -2.21. The molecular weight excluding hydrogens is 700 g/mol. The first-order valence-electron chi connectivity index (χ1n) is 14.4. The van der Waals surface area contributed by atoms with Gasteiger partial charge < -0.3 is 0 Å². The Morgan fingerprint density at radius 1 is 0.820 bits per heavy atom. The summed E-state index contributed by atoms with van der Waals surface area (Å²) in [6.07, 6.45) is -6.12. The third kappa shape index (κ3) is 9.37. The molecule has 4 heterocycles. The van der Waals surface area contributed by atoms with Gasteiger partial charge in [-0.3, -0.25) is 33.2 Å². The standard InChI is InChI=1S/C9H11NO2.C7H7F3N2O2.C6H8F3N2O2.C5H7F2N3O/c1-10-8(11)6-4-2-3-5-7(6)9(10)12;1-11-4(7(8,9)10)3-5(13)12(2)6(11)14;1-10-5(12)2-4(3-11(10)13)6(7,8)9;1-3-8-9(2)5(11)10(3)4(6)7/h2-5H2,1H3;3H,1-2H3;4H,2-3H2,1H3;4H,1-2H3/q;;+1;. The summed E-state index contributed by atoms with van der Waals surface area (Å²) >= 11 is 0. The molecule has 1 atom stereocenters. The number of hydrogen-bond donors (Lipinski definition) is 0. The van der Waals surface area contributed by atoms with Crippen LogP contribution >= 0.6 is 0 Å². The fourth-order valence-corrected chi connectivity index (χ4v) is 4.77. The number of hydrazine groups is 1. The Hall–Kier alpha value is -4.99. The minimum absolute atomic E-state index is 0.0208. The molecule has 2 aromatic rings. The first-order valence-corrected chi connectivity index (χ1v) is 14.4. The minimum atomic E-state index is -4.69. The van der Waals surface area contributed by atoms with Crippen LogP contribution in [0.2, 0.25) is 0 Å². The van der Waals surface area contributed by atoms with Crippen molar-refractivity contribution in [2.24, 2.45) is 27.1 Å². The fraction of sp³-hybridized carbons (Fsp3) is 0.593. The summed E-state index contributed by atoms with van der Waals surface area (Å²) in [6.45, 7) is -2.16. The third-order valence-electron chi connectivity index (χ3n) is 7.69. The van der Waals surface area contributed by atoms with Crippen LogP contribution in [0, 0.1) is 17.7 Å². The van der Waals surface area contributed by atoms with Crippen molar-refractivity contribution >= 4 is 17.7 Å². The summed E-state index contributed by atoms with van der Waals surface area (Å²) in [5.41, 5.74) is -2.46. The smallest absolute Gasteiger partial charge is 0.292 e. The average Bonchev–Trinajstić information content (AvgIpc) is 3.41. The van der Waals surface area contributed by atoms with E-state index in [1.165, 1.54) is 18.9 Å². The molecule has 0 aromatic carbocycles. The van der Waals surface area contributed by atoms with Gasteiger partial charge in [-0.15, -0.1) is 0 Å². The topological polar surface area (TPSA) is 162 Å². The van der Waals surface area contributed by atoms with E-state index in [0.717, 1.165) is 62.7 Å². The van der Waals surface area contributed by atoms with E-state index in [0.29, 0.717) is 24.8 Å². The zero-order chi connectivity index (χ0) is 38.6. The van der Waals surface area contributed by atoms with Crippen LogP contribution in [-0.2, 0) is 41.7 Å². The maximum atomic E-state index is 12.2. The van der Waals surface area contributed by atoms with Crippen LogP contribution in [0.5, 0.6) is 0 Å². The van der Waals surface area contributed by atoms with E-state index in [1.54, 1.807) is 7.05 Å². The maximum Gasteiger partial charge on any atom is 0.431 e.